The molecule has 0 aliphatic carbocycles. The fraction of sp³-hybridized carbons (Fsp3) is 0.222. The average molecular weight is 333 g/mol. The molecule has 0 aliphatic heterocycles. The van der Waals surface area contributed by atoms with Crippen molar-refractivity contribution >= 4 is 34.1 Å². The summed E-state index contributed by atoms with van der Waals surface area (Å²) in [6.45, 7) is 0.576. The van der Waals surface area contributed by atoms with Gasteiger partial charge in [0.2, 0.25) is 0 Å². The van der Waals surface area contributed by atoms with E-state index in [9.17, 15) is 0 Å². The van der Waals surface area contributed by atoms with Crippen LogP contribution in [-0.4, -0.2) is 11.1 Å². The molecule has 0 radical (unpaired) electrons. The lowest BCUT2D eigenvalue weighted by Crippen LogP contribution is -2.15. The van der Waals surface area contributed by atoms with Gasteiger partial charge in [-0.25, -0.2) is 0 Å². The van der Waals surface area contributed by atoms with Crippen molar-refractivity contribution in [2.75, 3.05) is 6.54 Å². The molecular weight excluding hydrogens is 315 g/mol. The van der Waals surface area contributed by atoms with Crippen LogP contribution in [0.5, 0.6) is 0 Å². The summed E-state index contributed by atoms with van der Waals surface area (Å²) in [6.07, 6.45) is 2.98. The van der Waals surface area contributed by atoms with Crippen molar-refractivity contribution in [3.05, 3.63) is 69.8 Å². The number of aryl methyl sites for hydroxylation is 1. The first-order valence-electron chi connectivity index (χ1n) is 7.28. The third kappa shape index (κ3) is 2.87. The molecule has 0 saturated heterocycles. The summed E-state index contributed by atoms with van der Waals surface area (Å²) in [5.41, 5.74) is 9.62. The zero-order chi connectivity index (χ0) is 15.7. The minimum Gasteiger partial charge on any atom is -0.350 e. The molecule has 0 fully saturated rings. The van der Waals surface area contributed by atoms with Gasteiger partial charge in [0.05, 0.1) is 0 Å². The predicted molar refractivity (Wildman–Crippen MR) is 94.9 cm³/mol. The van der Waals surface area contributed by atoms with Crippen molar-refractivity contribution < 1.29 is 0 Å². The fourth-order valence-corrected chi connectivity index (χ4v) is 3.46. The van der Waals surface area contributed by atoms with E-state index in [2.05, 4.69) is 42.1 Å². The van der Waals surface area contributed by atoms with Gasteiger partial charge in [-0.3, -0.25) is 0 Å². The molecule has 1 atom stereocenters. The molecule has 0 bridgehead atoms. The van der Waals surface area contributed by atoms with Crippen LogP contribution in [0.4, 0.5) is 0 Å². The fourth-order valence-electron chi connectivity index (χ4n) is 2.97. The van der Waals surface area contributed by atoms with Crippen molar-refractivity contribution in [2.45, 2.75) is 12.3 Å². The Kier molecular flexibility index (Phi) is 4.44. The molecule has 3 rings (SSSR count). The van der Waals surface area contributed by atoms with E-state index < -0.39 is 0 Å². The summed E-state index contributed by atoms with van der Waals surface area (Å²) in [6, 6.07) is 14.0. The largest absolute Gasteiger partial charge is 0.350 e. The molecule has 3 aromatic rings. The zero-order valence-corrected chi connectivity index (χ0v) is 13.9. The molecule has 0 amide bonds. The molecular formula is C18H18Cl2N2. The van der Waals surface area contributed by atoms with E-state index in [1.165, 1.54) is 16.5 Å². The lowest BCUT2D eigenvalue weighted by atomic mass is 9.92. The van der Waals surface area contributed by atoms with E-state index >= 15 is 0 Å². The maximum absolute atomic E-state index is 6.31. The molecule has 1 aromatic heterocycles. The lowest BCUT2D eigenvalue weighted by molar-refractivity contribution is 0.696. The molecule has 114 valence electrons. The summed E-state index contributed by atoms with van der Waals surface area (Å²) in [4.78, 5) is 0. The maximum atomic E-state index is 6.31. The third-order valence-corrected chi connectivity index (χ3v) is 4.72. The summed E-state index contributed by atoms with van der Waals surface area (Å²) >= 11 is 12.3. The minimum absolute atomic E-state index is 0.227. The number of nitrogens with two attached hydrogens (primary N) is 1. The highest BCUT2D eigenvalue weighted by molar-refractivity contribution is 6.35. The highest BCUT2D eigenvalue weighted by Crippen LogP contribution is 2.31. The van der Waals surface area contributed by atoms with Crippen molar-refractivity contribution in [3.8, 4) is 0 Å². The van der Waals surface area contributed by atoms with E-state index in [1.54, 1.807) is 6.07 Å². The summed E-state index contributed by atoms with van der Waals surface area (Å²) in [5.74, 6) is 0.227. The van der Waals surface area contributed by atoms with Crippen LogP contribution in [0, 0.1) is 0 Å². The number of fused-ring (bicyclic) bond motifs is 1. The minimum atomic E-state index is 0.227. The summed E-state index contributed by atoms with van der Waals surface area (Å²) in [5, 5.41) is 2.61. The third-order valence-electron chi connectivity index (χ3n) is 4.13. The summed E-state index contributed by atoms with van der Waals surface area (Å²) in [7, 11) is 2.06. The number of para-hydroxylation sites is 1. The Morgan fingerprint density at radius 3 is 2.64 bits per heavy atom. The second-order valence-electron chi connectivity index (χ2n) is 5.58. The van der Waals surface area contributed by atoms with E-state index in [0.29, 0.717) is 16.6 Å². The van der Waals surface area contributed by atoms with Crippen molar-refractivity contribution in [1.29, 1.82) is 0 Å². The smallest absolute Gasteiger partial charge is 0.0480 e. The van der Waals surface area contributed by atoms with Crippen LogP contribution < -0.4 is 5.73 Å². The lowest BCUT2D eigenvalue weighted by Gasteiger charge is -2.15. The molecule has 1 unspecified atom stereocenters. The van der Waals surface area contributed by atoms with Gasteiger partial charge in [0.1, 0.15) is 0 Å². The molecule has 4 heteroatoms. The van der Waals surface area contributed by atoms with Crippen molar-refractivity contribution in [2.24, 2.45) is 12.8 Å². The van der Waals surface area contributed by atoms with Crippen molar-refractivity contribution in [3.63, 3.8) is 0 Å². The first-order valence-corrected chi connectivity index (χ1v) is 8.03. The maximum Gasteiger partial charge on any atom is 0.0480 e. The van der Waals surface area contributed by atoms with Gasteiger partial charge in [0.15, 0.2) is 0 Å². The molecule has 2 aromatic carbocycles. The molecule has 0 spiro atoms. The van der Waals surface area contributed by atoms with Crippen LogP contribution >= 0.6 is 23.2 Å². The van der Waals surface area contributed by atoms with Crippen molar-refractivity contribution in [1.82, 2.24) is 4.57 Å². The second-order valence-corrected chi connectivity index (χ2v) is 6.43. The Bertz CT molecular complexity index is 808. The Morgan fingerprint density at radius 2 is 1.91 bits per heavy atom. The van der Waals surface area contributed by atoms with Crippen LogP contribution in [0.2, 0.25) is 10.0 Å². The second kappa shape index (κ2) is 6.33. The SMILES string of the molecule is Cn1cc(C(CN)Cc2ccc(Cl)cc2Cl)c2ccccc21. The van der Waals surface area contributed by atoms with Crippen LogP contribution in [0.25, 0.3) is 10.9 Å². The number of nitrogens with zero attached hydrogens (tertiary/aromatic N) is 1. The standard InChI is InChI=1S/C18H18Cl2N2/c1-22-11-16(15-4-2-3-5-18(15)22)13(10-21)8-12-6-7-14(19)9-17(12)20/h2-7,9,11,13H,8,10,21H2,1H3. The molecule has 2 N–H and O–H groups in total. The Balaban J connectivity index is 1.99. The zero-order valence-electron chi connectivity index (χ0n) is 12.4. The monoisotopic (exact) mass is 332 g/mol. The van der Waals surface area contributed by atoms with Gasteiger partial charge < -0.3 is 10.3 Å². The Labute approximate surface area is 140 Å². The van der Waals surface area contributed by atoms with Gasteiger partial charge in [0.25, 0.3) is 0 Å². The van der Waals surface area contributed by atoms with Gasteiger partial charge >= 0.3 is 0 Å². The molecule has 0 aliphatic rings. The number of hydrogen-bond acceptors (Lipinski definition) is 1. The number of hydrogen-bond donors (Lipinski definition) is 1. The predicted octanol–water partition coefficient (Wildman–Crippen LogP) is 4.77. The quantitative estimate of drug-likeness (QED) is 0.732. The normalized spacial score (nSPS) is 12.7. The van der Waals surface area contributed by atoms with Gasteiger partial charge in [-0.15, -0.1) is 0 Å². The van der Waals surface area contributed by atoms with E-state index in [1.807, 2.05) is 12.1 Å². The highest BCUT2D eigenvalue weighted by atomic mass is 35.5. The van der Waals surface area contributed by atoms with Crippen LogP contribution in [0.3, 0.4) is 0 Å². The number of halogens is 2. The molecule has 0 saturated carbocycles. The topological polar surface area (TPSA) is 30.9 Å². The molecule has 22 heavy (non-hydrogen) atoms. The number of benzene rings is 2. The average Bonchev–Trinajstić information content (AvgIpc) is 2.84. The molecule has 1 heterocycles. The highest BCUT2D eigenvalue weighted by Gasteiger charge is 2.17. The molecule has 2 nitrogen and oxygen atoms in total. The van der Waals surface area contributed by atoms with Gasteiger partial charge in [-0.1, -0.05) is 47.5 Å². The van der Waals surface area contributed by atoms with Crippen LogP contribution in [-0.2, 0) is 13.5 Å². The van der Waals surface area contributed by atoms with Gasteiger partial charge in [-0.2, -0.15) is 0 Å². The van der Waals surface area contributed by atoms with Crippen LogP contribution in [0.1, 0.15) is 17.0 Å². The summed E-state index contributed by atoms with van der Waals surface area (Å²) < 4.78 is 2.15. The Hall–Kier alpha value is -1.48. The Morgan fingerprint density at radius 1 is 1.14 bits per heavy atom. The number of rotatable bonds is 4. The van der Waals surface area contributed by atoms with Crippen LogP contribution in [0.15, 0.2) is 48.7 Å². The van der Waals surface area contributed by atoms with Gasteiger partial charge in [-0.05, 0) is 42.3 Å². The van der Waals surface area contributed by atoms with E-state index in [4.69, 9.17) is 28.9 Å². The van der Waals surface area contributed by atoms with E-state index in [0.717, 1.165) is 12.0 Å². The first-order chi connectivity index (χ1) is 10.6. The van der Waals surface area contributed by atoms with Gasteiger partial charge in [0, 0.05) is 40.1 Å². The van der Waals surface area contributed by atoms with E-state index in [-0.39, 0.29) is 5.92 Å². The first kappa shape index (κ1) is 15.4. The number of aromatic nitrogens is 1.